The van der Waals surface area contributed by atoms with Gasteiger partial charge in [0.15, 0.2) is 31.5 Å². The first kappa shape index (κ1) is 73.5. The minimum Gasteiger partial charge on any atom is -0.394 e. The summed E-state index contributed by atoms with van der Waals surface area (Å²) in [6, 6.07) is -3.33. The van der Waals surface area contributed by atoms with Crippen LogP contribution in [0.5, 0.6) is 0 Å². The molecule has 5 aliphatic heterocycles. The molecular formula is C55H103N5O22S2. The quantitative estimate of drug-likeness (QED) is 0.0199. The van der Waals surface area contributed by atoms with Crippen molar-refractivity contribution in [3.63, 3.8) is 0 Å². The zero-order valence-electron chi connectivity index (χ0n) is 50.9. The number of rotatable bonds is 31. The monoisotopic (exact) mass is 1250 g/mol. The highest BCUT2D eigenvalue weighted by atomic mass is 33.1. The Balaban J connectivity index is 1.46. The second-order valence-corrected chi connectivity index (χ2v) is 25.4. The summed E-state index contributed by atoms with van der Waals surface area (Å²) in [7, 11) is 2.49. The van der Waals surface area contributed by atoms with Crippen molar-refractivity contribution in [3.05, 3.63) is 0 Å². The summed E-state index contributed by atoms with van der Waals surface area (Å²) < 4.78 is 68.9. The summed E-state index contributed by atoms with van der Waals surface area (Å²) >= 11 is 4.18. The molecular weight excluding hydrogens is 1150 g/mol. The predicted octanol–water partition coefficient (Wildman–Crippen LogP) is -2.22. The molecule has 0 aromatic heterocycles. The number of ether oxygens (including phenoxy) is 11. The number of nitrogens with zero attached hydrogens (tertiary/aromatic N) is 2. The van der Waals surface area contributed by atoms with Crippen molar-refractivity contribution in [1.82, 2.24) is 20.4 Å². The molecule has 25 atom stereocenters. The Morgan fingerprint density at radius 3 is 1.51 bits per heavy atom. The molecule has 0 aromatic rings. The third-order valence-corrected chi connectivity index (χ3v) is 17.8. The first-order chi connectivity index (χ1) is 39.8. The van der Waals surface area contributed by atoms with Gasteiger partial charge in [-0.1, -0.05) is 24.6 Å². The van der Waals surface area contributed by atoms with Crippen molar-refractivity contribution in [2.45, 2.75) is 255 Å². The Hall–Kier alpha value is -1.28. The topological polar surface area (TPSA) is 374 Å². The average Bonchev–Trinajstić information content (AvgIpc) is 2.22. The number of methoxy groups -OCH3 is 1. The molecule has 5 saturated heterocycles. The number of nitrogens with one attached hydrogen (secondary N) is 2. The highest BCUT2D eigenvalue weighted by Crippen LogP contribution is 2.40. The van der Waals surface area contributed by atoms with Gasteiger partial charge >= 0.3 is 0 Å². The van der Waals surface area contributed by atoms with Gasteiger partial charge < -0.3 is 114 Å². The van der Waals surface area contributed by atoms with Gasteiger partial charge in [0.05, 0.1) is 64.0 Å². The van der Waals surface area contributed by atoms with Crippen LogP contribution in [0, 0.1) is 17.8 Å². The van der Waals surface area contributed by atoms with Crippen molar-refractivity contribution in [3.8, 4) is 0 Å². The molecule has 10 unspecified atom stereocenters. The smallest absolute Gasteiger partial charge is 0.221 e. The fourth-order valence-electron chi connectivity index (χ4n) is 12.2. The van der Waals surface area contributed by atoms with Gasteiger partial charge in [-0.05, 0) is 74.8 Å². The minimum absolute atomic E-state index is 0.0574. The van der Waals surface area contributed by atoms with Crippen LogP contribution in [0.4, 0.5) is 0 Å². The van der Waals surface area contributed by atoms with E-state index in [9.17, 15) is 55.5 Å². The summed E-state index contributed by atoms with van der Waals surface area (Å²) in [5.41, 5.74) is 6.43. The summed E-state index contributed by atoms with van der Waals surface area (Å²) in [5.74, 6) is -3.10. The second-order valence-electron chi connectivity index (χ2n) is 24.0. The van der Waals surface area contributed by atoms with Gasteiger partial charge in [-0.3, -0.25) is 19.4 Å². The standard InChI is InChI=1S/C55H103N5O22S2/c1-25(2)59(26(3)4)16-13-14-32-43(68)47(81-54-40(57-31(11)65)45(70)48(35(22-63)76-54)79-51-30(10)42(67)29(9)33(20-61)74-51)34(21-62)75-52(32)80-49-36(23-64)77-55(41(46(49)71)58-38(66)15-19-84-83)82-50-37(78-53(72-12)39(56)44(50)69)24-73-18-17-60(27(5)6)28(7)8/h25-30,32-37,39-55,61-64,67-71,83H,13-24,56H2,1-12H3,(H,57,65)(H,58,66)/t29-,30?,32?,33?,34?,35?,36?,37?,39?,40?,41?,42+,43-,44-,45-,46-,47-,48-,49-,50-,51+,52+,53-,54+,55+/m1/s1. The van der Waals surface area contributed by atoms with Gasteiger partial charge in [0.2, 0.25) is 11.8 Å². The molecule has 5 rings (SSSR count). The largest absolute Gasteiger partial charge is 0.394 e. The van der Waals surface area contributed by atoms with Crippen molar-refractivity contribution in [2.24, 2.45) is 23.5 Å². The fourth-order valence-corrected chi connectivity index (χ4v) is 12.7. The van der Waals surface area contributed by atoms with E-state index in [1.54, 1.807) is 13.8 Å². The lowest BCUT2D eigenvalue weighted by Crippen LogP contribution is -2.70. The Bertz CT molecular complexity index is 1920. The van der Waals surface area contributed by atoms with Crippen LogP contribution in [-0.4, -0.2) is 292 Å². The van der Waals surface area contributed by atoms with Crippen LogP contribution in [0.1, 0.15) is 95.4 Å². The van der Waals surface area contributed by atoms with E-state index >= 15 is 0 Å². The van der Waals surface area contributed by atoms with E-state index < -0.39 is 191 Å². The molecule has 0 radical (unpaired) electrons. The number of thiol groups is 1. The van der Waals surface area contributed by atoms with Crippen LogP contribution in [0.2, 0.25) is 0 Å². The van der Waals surface area contributed by atoms with Crippen LogP contribution in [0.25, 0.3) is 0 Å². The molecule has 0 aliphatic carbocycles. The zero-order valence-corrected chi connectivity index (χ0v) is 52.6. The molecule has 5 fully saturated rings. The molecule has 27 nitrogen and oxygen atoms in total. The number of hydrogen-bond acceptors (Lipinski definition) is 27. The van der Waals surface area contributed by atoms with Crippen LogP contribution >= 0.6 is 22.5 Å². The van der Waals surface area contributed by atoms with E-state index in [2.05, 4.69) is 87.5 Å². The Morgan fingerprint density at radius 1 is 0.583 bits per heavy atom. The predicted molar refractivity (Wildman–Crippen MR) is 308 cm³/mol. The van der Waals surface area contributed by atoms with Crippen molar-refractivity contribution in [2.75, 3.05) is 65.6 Å². The van der Waals surface area contributed by atoms with E-state index in [4.69, 9.17) is 57.8 Å². The third kappa shape index (κ3) is 18.7. The van der Waals surface area contributed by atoms with E-state index in [0.717, 1.165) is 10.8 Å². The van der Waals surface area contributed by atoms with E-state index in [1.165, 1.54) is 14.0 Å². The van der Waals surface area contributed by atoms with E-state index in [-0.39, 0.29) is 56.0 Å². The highest BCUT2D eigenvalue weighted by Gasteiger charge is 2.57. The third-order valence-electron chi connectivity index (χ3n) is 16.9. The number of carbonyl (C=O) groups excluding carboxylic acids is 2. The first-order valence-electron chi connectivity index (χ1n) is 29.7. The molecule has 5 aliphatic rings. The zero-order chi connectivity index (χ0) is 62.4. The average molecular weight is 1250 g/mol. The van der Waals surface area contributed by atoms with Crippen LogP contribution in [-0.2, 0) is 61.7 Å². The molecule has 0 aromatic carbocycles. The summed E-state index contributed by atoms with van der Waals surface area (Å²) in [4.78, 5) is 31.0. The highest BCUT2D eigenvalue weighted by molar-refractivity contribution is 8.68. The second kappa shape index (κ2) is 34.8. The summed E-state index contributed by atoms with van der Waals surface area (Å²) in [5, 5.41) is 108. The van der Waals surface area contributed by atoms with Crippen molar-refractivity contribution >= 4 is 34.3 Å². The number of nitrogens with two attached hydrogens (primary N) is 1. The molecule has 13 N–H and O–H groups in total. The maximum atomic E-state index is 13.6. The SMILES string of the molecule is CO[C@@H]1OC(COCCN(C(C)C)C(C)C)[C@@H](O[C@@H]2OC(CO)[C@@H](O[C@@H]3OC(CO)[C@@H](O[C@@H]4OC(CO)[C@@H](O[C@@H]5OC(CO)[C@@H](C)[C@H](O)C5C)[C@H](O)C4NC(C)=O)[C@H](O)C3CCCN(C(C)C)C(C)C)[C@H](O)C2NC(=O)CCSS)[C@H](O)C1N. The summed E-state index contributed by atoms with van der Waals surface area (Å²) in [6.45, 7) is 19.6. The van der Waals surface area contributed by atoms with Crippen LogP contribution in [0.15, 0.2) is 0 Å². The van der Waals surface area contributed by atoms with Gasteiger partial charge in [-0.25, -0.2) is 0 Å². The fraction of sp³-hybridized carbons (Fsp3) is 0.964. The maximum Gasteiger partial charge on any atom is 0.221 e. The number of carbonyl (C=O) groups is 2. The lowest BCUT2D eigenvalue weighted by Gasteiger charge is -2.51. The van der Waals surface area contributed by atoms with Gasteiger partial charge in [-0.15, -0.1) is 11.7 Å². The van der Waals surface area contributed by atoms with Gasteiger partial charge in [0.25, 0.3) is 0 Å². The van der Waals surface area contributed by atoms with E-state index in [0.29, 0.717) is 19.5 Å². The minimum atomic E-state index is -1.77. The Morgan fingerprint density at radius 2 is 1.02 bits per heavy atom. The van der Waals surface area contributed by atoms with Crippen molar-refractivity contribution < 1.29 is 108 Å². The van der Waals surface area contributed by atoms with Crippen molar-refractivity contribution in [1.29, 1.82) is 0 Å². The number of amides is 2. The van der Waals surface area contributed by atoms with Gasteiger partial charge in [0, 0.05) is 74.7 Å². The normalized spacial score (nSPS) is 39.7. The van der Waals surface area contributed by atoms with E-state index in [1.807, 2.05) is 0 Å². The lowest BCUT2D eigenvalue weighted by atomic mass is 9.85. The first-order valence-corrected chi connectivity index (χ1v) is 31.8. The lowest BCUT2D eigenvalue weighted by molar-refractivity contribution is -0.374. The van der Waals surface area contributed by atoms with Crippen LogP contribution < -0.4 is 16.4 Å². The number of aliphatic hydroxyl groups is 9. The molecule has 492 valence electrons. The summed E-state index contributed by atoms with van der Waals surface area (Å²) in [6.07, 6.45) is -25.9. The molecule has 0 spiro atoms. The molecule has 0 saturated carbocycles. The Labute approximate surface area is 504 Å². The number of hydrogen-bond donors (Lipinski definition) is 13. The molecule has 84 heavy (non-hydrogen) atoms. The van der Waals surface area contributed by atoms with Gasteiger partial charge in [-0.2, -0.15) is 0 Å². The Kier molecular flexibility index (Phi) is 30.4. The maximum absolute atomic E-state index is 13.6. The van der Waals surface area contributed by atoms with Crippen LogP contribution in [0.3, 0.4) is 0 Å². The van der Waals surface area contributed by atoms with Gasteiger partial charge in [0.1, 0.15) is 79.2 Å². The number of aliphatic hydroxyl groups excluding tert-OH is 9. The molecule has 0 bridgehead atoms. The molecule has 2 amide bonds. The molecule has 29 heteroatoms. The molecule has 5 heterocycles.